The van der Waals surface area contributed by atoms with Crippen LogP contribution in [0.5, 0.6) is 0 Å². The SMILES string of the molecule is COC(=O)CCCCCNC(=O)CSc1cc(C)c(Br)cc1C. The van der Waals surface area contributed by atoms with Crippen molar-refractivity contribution in [1.82, 2.24) is 5.32 Å². The first-order valence-corrected chi connectivity index (χ1v) is 9.45. The minimum absolute atomic E-state index is 0.0444. The number of methoxy groups -OCH3 is 1. The number of nitrogens with one attached hydrogen (secondary N) is 1. The Kier molecular flexibility index (Phi) is 9.33. The van der Waals surface area contributed by atoms with Crippen molar-refractivity contribution >= 4 is 39.6 Å². The van der Waals surface area contributed by atoms with Crippen molar-refractivity contribution in [2.45, 2.75) is 44.4 Å². The summed E-state index contributed by atoms with van der Waals surface area (Å²) >= 11 is 5.07. The minimum atomic E-state index is -0.175. The summed E-state index contributed by atoms with van der Waals surface area (Å²) in [5.41, 5.74) is 2.34. The summed E-state index contributed by atoms with van der Waals surface area (Å²) in [5.74, 6) is 0.290. The number of hydrogen-bond acceptors (Lipinski definition) is 4. The maximum absolute atomic E-state index is 11.9. The van der Waals surface area contributed by atoms with E-state index in [0.29, 0.717) is 18.7 Å². The fraction of sp³-hybridized carbons (Fsp3) is 0.529. The second-order valence-corrected chi connectivity index (χ2v) is 7.26. The van der Waals surface area contributed by atoms with Crippen LogP contribution in [0.4, 0.5) is 0 Å². The summed E-state index contributed by atoms with van der Waals surface area (Å²) in [7, 11) is 1.40. The van der Waals surface area contributed by atoms with Crippen molar-refractivity contribution in [2.75, 3.05) is 19.4 Å². The molecule has 4 nitrogen and oxygen atoms in total. The summed E-state index contributed by atoms with van der Waals surface area (Å²) in [6, 6.07) is 4.18. The van der Waals surface area contributed by atoms with Gasteiger partial charge in [0.1, 0.15) is 0 Å². The van der Waals surface area contributed by atoms with E-state index in [1.165, 1.54) is 18.2 Å². The molecule has 1 aromatic carbocycles. The lowest BCUT2D eigenvalue weighted by molar-refractivity contribution is -0.140. The van der Waals surface area contributed by atoms with Crippen molar-refractivity contribution in [2.24, 2.45) is 0 Å². The molecule has 0 bridgehead atoms. The zero-order valence-corrected chi connectivity index (χ0v) is 16.3. The number of unbranched alkanes of at least 4 members (excludes halogenated alkanes) is 2. The largest absolute Gasteiger partial charge is 0.469 e. The molecular weight excluding hydrogens is 378 g/mol. The van der Waals surface area contributed by atoms with E-state index < -0.39 is 0 Å². The smallest absolute Gasteiger partial charge is 0.305 e. The molecule has 1 N–H and O–H groups in total. The van der Waals surface area contributed by atoms with Crippen LogP contribution >= 0.6 is 27.7 Å². The number of amides is 1. The van der Waals surface area contributed by atoms with Crippen LogP contribution in [0.25, 0.3) is 0 Å². The Bertz CT molecular complexity index is 549. The summed E-state index contributed by atoms with van der Waals surface area (Å²) < 4.78 is 5.67. The number of thioether (sulfide) groups is 1. The number of ether oxygens (including phenoxy) is 1. The summed E-state index contributed by atoms with van der Waals surface area (Å²) in [6.45, 7) is 4.74. The van der Waals surface area contributed by atoms with Crippen molar-refractivity contribution < 1.29 is 14.3 Å². The van der Waals surface area contributed by atoms with E-state index >= 15 is 0 Å². The molecule has 0 aliphatic carbocycles. The van der Waals surface area contributed by atoms with Crippen LogP contribution in [0.1, 0.15) is 36.8 Å². The topological polar surface area (TPSA) is 55.4 Å². The van der Waals surface area contributed by atoms with Crippen molar-refractivity contribution in [3.05, 3.63) is 27.7 Å². The van der Waals surface area contributed by atoms with Crippen molar-refractivity contribution in [3.8, 4) is 0 Å². The van der Waals surface area contributed by atoms with E-state index in [4.69, 9.17) is 0 Å². The fourth-order valence-electron chi connectivity index (χ4n) is 2.01. The Hall–Kier alpha value is -1.01. The molecular formula is C17H24BrNO3S. The zero-order chi connectivity index (χ0) is 17.2. The molecule has 23 heavy (non-hydrogen) atoms. The number of carbonyl (C=O) groups is 2. The summed E-state index contributed by atoms with van der Waals surface area (Å²) in [6.07, 6.45) is 3.04. The Labute approximate surface area is 150 Å². The molecule has 0 saturated heterocycles. The van der Waals surface area contributed by atoms with Gasteiger partial charge in [-0.2, -0.15) is 0 Å². The lowest BCUT2D eigenvalue weighted by Gasteiger charge is -2.09. The van der Waals surface area contributed by atoms with Crippen LogP contribution in [0, 0.1) is 13.8 Å². The average molecular weight is 402 g/mol. The molecule has 0 spiro atoms. The van der Waals surface area contributed by atoms with Gasteiger partial charge in [-0.25, -0.2) is 0 Å². The molecule has 0 saturated carbocycles. The highest BCUT2D eigenvalue weighted by Gasteiger charge is 2.07. The van der Waals surface area contributed by atoms with Gasteiger partial charge in [0, 0.05) is 22.3 Å². The van der Waals surface area contributed by atoms with Gasteiger partial charge in [0.05, 0.1) is 12.9 Å². The number of rotatable bonds is 9. The molecule has 0 fully saturated rings. The molecule has 0 radical (unpaired) electrons. The van der Waals surface area contributed by atoms with Crippen molar-refractivity contribution in [3.63, 3.8) is 0 Å². The van der Waals surface area contributed by atoms with Gasteiger partial charge in [0.25, 0.3) is 0 Å². The van der Waals surface area contributed by atoms with E-state index in [1.807, 2.05) is 13.8 Å². The molecule has 0 heterocycles. The van der Waals surface area contributed by atoms with Gasteiger partial charge in [0.15, 0.2) is 0 Å². The first-order valence-electron chi connectivity index (χ1n) is 7.67. The Balaban J connectivity index is 2.20. The quantitative estimate of drug-likeness (QED) is 0.385. The van der Waals surface area contributed by atoms with E-state index in [0.717, 1.165) is 28.6 Å². The van der Waals surface area contributed by atoms with Gasteiger partial charge < -0.3 is 10.1 Å². The molecule has 0 aromatic heterocycles. The highest BCUT2D eigenvalue weighted by Crippen LogP contribution is 2.28. The molecule has 0 aliphatic heterocycles. The third kappa shape index (κ3) is 7.88. The average Bonchev–Trinajstić information content (AvgIpc) is 2.52. The molecule has 1 aromatic rings. The second kappa shape index (κ2) is 10.7. The summed E-state index contributed by atoms with van der Waals surface area (Å²) in [4.78, 5) is 23.9. The van der Waals surface area contributed by atoms with Gasteiger partial charge >= 0.3 is 5.97 Å². The second-order valence-electron chi connectivity index (χ2n) is 5.39. The maximum Gasteiger partial charge on any atom is 0.305 e. The lowest BCUT2D eigenvalue weighted by atomic mass is 10.2. The molecule has 0 atom stereocenters. The number of hydrogen-bond donors (Lipinski definition) is 1. The Morgan fingerprint density at radius 2 is 1.91 bits per heavy atom. The molecule has 0 unspecified atom stereocenters. The Morgan fingerprint density at radius 3 is 2.61 bits per heavy atom. The Morgan fingerprint density at radius 1 is 1.17 bits per heavy atom. The summed E-state index contributed by atoms with van der Waals surface area (Å²) in [5, 5.41) is 2.92. The predicted molar refractivity (Wildman–Crippen MR) is 97.8 cm³/mol. The molecule has 1 amide bonds. The van der Waals surface area contributed by atoms with Crippen LogP contribution in [-0.4, -0.2) is 31.3 Å². The normalized spacial score (nSPS) is 10.4. The first-order chi connectivity index (χ1) is 10.9. The van der Waals surface area contributed by atoms with Gasteiger partial charge in [-0.1, -0.05) is 22.4 Å². The van der Waals surface area contributed by atoms with E-state index in [-0.39, 0.29) is 11.9 Å². The molecule has 0 aliphatic rings. The van der Waals surface area contributed by atoms with Crippen LogP contribution in [0.3, 0.4) is 0 Å². The number of carbonyl (C=O) groups excluding carboxylic acids is 2. The predicted octanol–water partition coefficient (Wildman–Crippen LogP) is 4.01. The van der Waals surface area contributed by atoms with Crippen LogP contribution in [-0.2, 0) is 14.3 Å². The number of halogens is 1. The third-order valence-corrected chi connectivity index (χ3v) is 5.43. The third-order valence-electron chi connectivity index (χ3n) is 3.42. The molecule has 6 heteroatoms. The molecule has 1 rings (SSSR count). The van der Waals surface area contributed by atoms with Gasteiger partial charge in [-0.15, -0.1) is 11.8 Å². The standard InChI is InChI=1S/C17H24BrNO3S/c1-12-10-15(13(2)9-14(12)18)23-11-16(20)19-8-6-4-5-7-17(21)22-3/h9-10H,4-8,11H2,1-3H3,(H,19,20). The van der Waals surface area contributed by atoms with Crippen LogP contribution in [0.2, 0.25) is 0 Å². The van der Waals surface area contributed by atoms with Crippen LogP contribution in [0.15, 0.2) is 21.5 Å². The van der Waals surface area contributed by atoms with Gasteiger partial charge in [0.2, 0.25) is 5.91 Å². The zero-order valence-electron chi connectivity index (χ0n) is 13.9. The maximum atomic E-state index is 11.9. The van der Waals surface area contributed by atoms with E-state index in [1.54, 1.807) is 11.8 Å². The fourth-order valence-corrected chi connectivity index (χ4v) is 3.40. The van der Waals surface area contributed by atoms with Gasteiger partial charge in [-0.05, 0) is 49.9 Å². The minimum Gasteiger partial charge on any atom is -0.469 e. The number of aryl methyl sites for hydroxylation is 2. The van der Waals surface area contributed by atoms with Crippen molar-refractivity contribution in [1.29, 1.82) is 0 Å². The molecule has 128 valence electrons. The van der Waals surface area contributed by atoms with Crippen LogP contribution < -0.4 is 5.32 Å². The lowest BCUT2D eigenvalue weighted by Crippen LogP contribution is -2.26. The first kappa shape index (κ1) is 20.0. The number of benzene rings is 1. The van der Waals surface area contributed by atoms with E-state index in [9.17, 15) is 9.59 Å². The highest BCUT2D eigenvalue weighted by atomic mass is 79.9. The highest BCUT2D eigenvalue weighted by molar-refractivity contribution is 9.10. The van der Waals surface area contributed by atoms with Gasteiger partial charge in [-0.3, -0.25) is 9.59 Å². The monoisotopic (exact) mass is 401 g/mol. The number of esters is 1. The van der Waals surface area contributed by atoms with E-state index in [2.05, 4.69) is 38.1 Å².